The fraction of sp³-hybridized carbons (Fsp3) is 0.286. The summed E-state index contributed by atoms with van der Waals surface area (Å²) in [6.07, 6.45) is 11.6. The zero-order valence-electron chi connectivity index (χ0n) is 15.5. The highest BCUT2D eigenvalue weighted by atomic mass is 16.5. The number of aromatic hydroxyl groups is 1. The lowest BCUT2D eigenvalue weighted by atomic mass is 9.91. The number of imidazole rings is 1. The van der Waals surface area contributed by atoms with Crippen molar-refractivity contribution in [1.82, 2.24) is 25.1 Å². The lowest BCUT2D eigenvalue weighted by Gasteiger charge is -2.36. The summed E-state index contributed by atoms with van der Waals surface area (Å²) in [4.78, 5) is 4.02. The molecule has 0 unspecified atom stereocenters. The van der Waals surface area contributed by atoms with Crippen LogP contribution in [-0.4, -0.2) is 42.5 Å². The van der Waals surface area contributed by atoms with Crippen molar-refractivity contribution in [3.63, 3.8) is 0 Å². The Balaban J connectivity index is 1.31. The van der Waals surface area contributed by atoms with E-state index in [9.17, 15) is 5.11 Å². The minimum absolute atomic E-state index is 0.00370. The molecule has 1 aromatic carbocycles. The number of phenols is 1. The molecule has 28 heavy (non-hydrogen) atoms. The summed E-state index contributed by atoms with van der Waals surface area (Å²) in [6.45, 7) is 2.18. The van der Waals surface area contributed by atoms with Crippen LogP contribution >= 0.6 is 0 Å². The molecule has 3 aromatic rings. The first-order valence-corrected chi connectivity index (χ1v) is 9.37. The highest BCUT2D eigenvalue weighted by molar-refractivity contribution is 5.68. The Labute approximate surface area is 162 Å². The van der Waals surface area contributed by atoms with E-state index in [2.05, 4.69) is 39.6 Å². The molecule has 0 aliphatic carbocycles. The van der Waals surface area contributed by atoms with Crippen LogP contribution in [-0.2, 0) is 0 Å². The maximum atomic E-state index is 10.4. The largest absolute Gasteiger partial charge is 0.507 e. The quantitative estimate of drug-likeness (QED) is 0.682. The predicted octanol–water partition coefficient (Wildman–Crippen LogP) is 2.86. The van der Waals surface area contributed by atoms with Gasteiger partial charge in [0.1, 0.15) is 11.9 Å². The molecule has 0 radical (unpaired) electrons. The second kappa shape index (κ2) is 6.45. The van der Waals surface area contributed by atoms with Gasteiger partial charge in [-0.2, -0.15) is 0 Å². The molecule has 2 bridgehead atoms. The molecule has 1 fully saturated rings. The third-order valence-corrected chi connectivity index (χ3v) is 5.37. The van der Waals surface area contributed by atoms with Crippen molar-refractivity contribution in [2.24, 2.45) is 0 Å². The number of fused-ring (bicyclic) bond motifs is 2. The summed E-state index contributed by atoms with van der Waals surface area (Å²) in [7, 11) is 0. The fourth-order valence-electron chi connectivity index (χ4n) is 4.05. The fourth-order valence-corrected chi connectivity index (χ4v) is 4.05. The molecule has 1 saturated heterocycles. The molecule has 5 rings (SSSR count). The van der Waals surface area contributed by atoms with Crippen molar-refractivity contribution in [2.75, 3.05) is 0 Å². The van der Waals surface area contributed by atoms with Crippen molar-refractivity contribution in [1.29, 1.82) is 0 Å². The SMILES string of the molecule is C[C@@]12C=C[C@@H](C[C@H](Oc3ccc(-c4ccc(-n5ccnc5)cc4O)nn3)C1)N2. The van der Waals surface area contributed by atoms with Crippen LogP contribution in [0.15, 0.2) is 61.2 Å². The Morgan fingerprint density at radius 3 is 2.89 bits per heavy atom. The average Bonchev–Trinajstić information content (AvgIpc) is 3.30. The molecule has 2 aliphatic heterocycles. The van der Waals surface area contributed by atoms with Gasteiger partial charge in [-0.05, 0) is 25.1 Å². The van der Waals surface area contributed by atoms with E-state index in [0.717, 1.165) is 18.5 Å². The minimum atomic E-state index is 0.00370. The normalized spacial score (nSPS) is 25.8. The van der Waals surface area contributed by atoms with Gasteiger partial charge in [0.2, 0.25) is 5.88 Å². The first-order valence-electron chi connectivity index (χ1n) is 9.37. The molecule has 7 heteroatoms. The molecule has 0 spiro atoms. The second-order valence-electron chi connectivity index (χ2n) is 7.64. The van der Waals surface area contributed by atoms with Crippen LogP contribution in [0.4, 0.5) is 0 Å². The van der Waals surface area contributed by atoms with Crippen molar-refractivity contribution in [3.05, 3.63) is 61.2 Å². The van der Waals surface area contributed by atoms with E-state index < -0.39 is 0 Å². The predicted molar refractivity (Wildman–Crippen MR) is 104 cm³/mol. The number of rotatable bonds is 4. The summed E-state index contributed by atoms with van der Waals surface area (Å²) in [5.74, 6) is 0.649. The van der Waals surface area contributed by atoms with E-state index in [1.54, 1.807) is 18.6 Å². The van der Waals surface area contributed by atoms with E-state index >= 15 is 0 Å². The van der Waals surface area contributed by atoms with Crippen molar-refractivity contribution in [3.8, 4) is 28.6 Å². The zero-order chi connectivity index (χ0) is 19.1. The van der Waals surface area contributed by atoms with Gasteiger partial charge in [0.05, 0.1) is 17.7 Å². The molecule has 142 valence electrons. The van der Waals surface area contributed by atoms with E-state index in [0.29, 0.717) is 23.2 Å². The lowest BCUT2D eigenvalue weighted by Crippen LogP contribution is -2.51. The third-order valence-electron chi connectivity index (χ3n) is 5.37. The summed E-state index contributed by atoms with van der Waals surface area (Å²) < 4.78 is 7.89. The number of aromatic nitrogens is 4. The van der Waals surface area contributed by atoms with Crippen LogP contribution in [0.5, 0.6) is 11.6 Å². The second-order valence-corrected chi connectivity index (χ2v) is 7.64. The molecular weight excluding hydrogens is 354 g/mol. The van der Waals surface area contributed by atoms with Gasteiger partial charge in [-0.15, -0.1) is 10.2 Å². The number of ether oxygens (including phenoxy) is 1. The number of nitrogens with zero attached hydrogens (tertiary/aromatic N) is 4. The number of piperidine rings is 1. The van der Waals surface area contributed by atoms with Gasteiger partial charge >= 0.3 is 0 Å². The standard InChI is InChI=1S/C21H21N5O2/c1-21-7-6-14(23-21)10-16(12-21)28-20-5-4-18(24-25-20)17-3-2-15(11-19(17)27)26-9-8-22-13-26/h2-9,11,13-14,16,23,27H,10,12H2,1H3/t14-,16-,21+/m0/s1. The Morgan fingerprint density at radius 2 is 2.18 bits per heavy atom. The van der Waals surface area contributed by atoms with Gasteiger partial charge in [-0.25, -0.2) is 4.98 Å². The maximum Gasteiger partial charge on any atom is 0.233 e. The Kier molecular flexibility index (Phi) is 3.91. The van der Waals surface area contributed by atoms with E-state index in [1.807, 2.05) is 35.0 Å². The average molecular weight is 375 g/mol. The van der Waals surface area contributed by atoms with Crippen molar-refractivity contribution in [2.45, 2.75) is 37.5 Å². The third kappa shape index (κ3) is 3.14. The van der Waals surface area contributed by atoms with Crippen LogP contribution < -0.4 is 10.1 Å². The van der Waals surface area contributed by atoms with E-state index in [4.69, 9.17) is 4.74 Å². The first-order chi connectivity index (χ1) is 13.6. The highest BCUT2D eigenvalue weighted by Crippen LogP contribution is 2.33. The van der Waals surface area contributed by atoms with Crippen LogP contribution in [0.2, 0.25) is 0 Å². The van der Waals surface area contributed by atoms with Crippen molar-refractivity contribution < 1.29 is 9.84 Å². The molecule has 0 amide bonds. The van der Waals surface area contributed by atoms with Gasteiger partial charge in [-0.1, -0.05) is 12.2 Å². The lowest BCUT2D eigenvalue weighted by molar-refractivity contribution is 0.110. The minimum Gasteiger partial charge on any atom is -0.507 e. The topological polar surface area (TPSA) is 85.1 Å². The number of benzene rings is 1. The Bertz CT molecular complexity index is 1020. The van der Waals surface area contributed by atoms with Gasteiger partial charge in [0, 0.05) is 54.5 Å². The smallest absolute Gasteiger partial charge is 0.233 e. The number of hydrogen-bond acceptors (Lipinski definition) is 6. The van der Waals surface area contributed by atoms with Gasteiger partial charge < -0.3 is 19.7 Å². The molecule has 3 atom stereocenters. The van der Waals surface area contributed by atoms with Crippen LogP contribution in [0.1, 0.15) is 19.8 Å². The molecular formula is C21H21N5O2. The summed E-state index contributed by atoms with van der Waals surface area (Å²) in [6, 6.07) is 9.41. The zero-order valence-corrected chi connectivity index (χ0v) is 15.5. The number of nitrogens with one attached hydrogen (secondary N) is 1. The van der Waals surface area contributed by atoms with E-state index in [1.165, 1.54) is 0 Å². The van der Waals surface area contributed by atoms with E-state index in [-0.39, 0.29) is 17.4 Å². The van der Waals surface area contributed by atoms with Crippen LogP contribution in [0.25, 0.3) is 16.9 Å². The Morgan fingerprint density at radius 1 is 1.25 bits per heavy atom. The van der Waals surface area contributed by atoms with Crippen LogP contribution in [0.3, 0.4) is 0 Å². The molecule has 4 heterocycles. The highest BCUT2D eigenvalue weighted by Gasteiger charge is 2.39. The molecule has 2 aliphatic rings. The summed E-state index contributed by atoms with van der Waals surface area (Å²) >= 11 is 0. The van der Waals surface area contributed by atoms with Crippen LogP contribution in [0, 0.1) is 0 Å². The maximum absolute atomic E-state index is 10.4. The Hall–Kier alpha value is -3.19. The monoisotopic (exact) mass is 375 g/mol. The van der Waals surface area contributed by atoms with Gasteiger partial charge in [0.15, 0.2) is 0 Å². The summed E-state index contributed by atoms with van der Waals surface area (Å²) in [5.41, 5.74) is 2.05. The van der Waals surface area contributed by atoms with Crippen molar-refractivity contribution >= 4 is 0 Å². The molecule has 7 nitrogen and oxygen atoms in total. The molecule has 2 N–H and O–H groups in total. The number of phenolic OH excluding ortho intramolecular Hbond substituents is 1. The van der Waals surface area contributed by atoms with Gasteiger partial charge in [0.25, 0.3) is 0 Å². The number of hydrogen-bond donors (Lipinski definition) is 2. The first kappa shape index (κ1) is 16.9. The molecule has 2 aromatic heterocycles. The van der Waals surface area contributed by atoms with Gasteiger partial charge in [-0.3, -0.25) is 0 Å². The molecule has 0 saturated carbocycles. The summed E-state index contributed by atoms with van der Waals surface area (Å²) in [5, 5.41) is 22.5.